The van der Waals surface area contributed by atoms with Crippen molar-refractivity contribution in [2.75, 3.05) is 75.0 Å². The van der Waals surface area contributed by atoms with Crippen molar-refractivity contribution in [3.05, 3.63) is 174 Å². The van der Waals surface area contributed by atoms with Crippen molar-refractivity contribution in [2.45, 2.75) is 24.5 Å². The summed E-state index contributed by atoms with van der Waals surface area (Å²) in [4.78, 5) is 12.4. The van der Waals surface area contributed by atoms with Gasteiger partial charge in [-0.15, -0.1) is 0 Å². The molecule has 342 valence electrons. The predicted octanol–water partition coefficient (Wildman–Crippen LogP) is 9.77. The minimum absolute atomic E-state index is 0.00415. The second-order valence-corrected chi connectivity index (χ2v) is 15.6. The van der Waals surface area contributed by atoms with Gasteiger partial charge in [-0.05, 0) is 83.4 Å². The number of halogens is 4. The molecule has 0 saturated carbocycles. The van der Waals surface area contributed by atoms with Gasteiger partial charge in [0.15, 0.2) is 0 Å². The Bertz CT molecular complexity index is 2590. The van der Waals surface area contributed by atoms with Gasteiger partial charge in [0.1, 0.15) is 17.5 Å². The van der Waals surface area contributed by atoms with E-state index in [-0.39, 0.29) is 29.9 Å². The molecule has 0 aliphatic carbocycles. The van der Waals surface area contributed by atoms with Crippen LogP contribution in [0.15, 0.2) is 146 Å². The van der Waals surface area contributed by atoms with Crippen molar-refractivity contribution < 1.29 is 31.8 Å². The molecule has 3 aliphatic rings. The first-order valence-corrected chi connectivity index (χ1v) is 21.8. The van der Waals surface area contributed by atoms with E-state index in [1.807, 2.05) is 60.7 Å². The SMILES string of the molecule is FC(F)(F)c1ccnc(Nc2ccc([C@H]3CNCCO3)cc2)c1.Fc1cncc(Nc2ccc([C@H]3CNCCO3)cc2)c1.c1ccc2nc(Nc3ccc([C@H]4CNCCO4)cc3)ccc2c1. The summed E-state index contributed by atoms with van der Waals surface area (Å²) >= 11 is 0. The zero-order valence-corrected chi connectivity index (χ0v) is 36.0. The van der Waals surface area contributed by atoms with Gasteiger partial charge in [-0.3, -0.25) is 4.98 Å². The lowest BCUT2D eigenvalue weighted by Crippen LogP contribution is -2.33. The number of rotatable bonds is 9. The summed E-state index contributed by atoms with van der Waals surface area (Å²) in [5.74, 6) is 0.656. The highest BCUT2D eigenvalue weighted by Gasteiger charge is 2.30. The zero-order chi connectivity index (χ0) is 45.6. The fourth-order valence-electron chi connectivity index (χ4n) is 7.44. The minimum Gasteiger partial charge on any atom is -0.371 e. The van der Waals surface area contributed by atoms with Gasteiger partial charge in [0.05, 0.1) is 67.3 Å². The number of benzene rings is 4. The molecular formula is C50H51F4N9O3. The molecule has 0 amide bonds. The van der Waals surface area contributed by atoms with E-state index in [0.717, 1.165) is 110 Å². The average molecular weight is 902 g/mol. The number of morpholine rings is 3. The Morgan fingerprint density at radius 3 is 1.55 bits per heavy atom. The van der Waals surface area contributed by atoms with Gasteiger partial charge >= 0.3 is 6.18 Å². The molecule has 0 unspecified atom stereocenters. The zero-order valence-electron chi connectivity index (χ0n) is 36.0. The summed E-state index contributed by atoms with van der Waals surface area (Å²) in [6, 6.07) is 39.3. The second kappa shape index (κ2) is 22.6. The number of alkyl halides is 3. The standard InChI is InChI=1S/C19H19N3O.C16H16F3N3O.C15H16FN3O/c1-2-4-17-14(3-1)7-10-19(22-17)21-16-8-5-15(6-9-16)18-13-20-11-12-23-18;17-16(18,19)12-5-6-21-15(9-12)22-13-3-1-11(2-4-13)14-10-20-7-8-23-14;16-12-7-14(9-18-8-12)19-13-3-1-11(2-4-13)15-10-17-5-6-20-15/h1-10,18,20H,11-13H2,(H,21,22);1-6,9,14,20H,7-8,10H2,(H,21,22);1-4,7-9,15,17,19H,5-6,10H2/t18-;14-;15-/m111/s1. The number of ether oxygens (including phenoxy) is 3. The number of hydrogen-bond donors (Lipinski definition) is 6. The highest BCUT2D eigenvalue weighted by Crippen LogP contribution is 2.31. The van der Waals surface area contributed by atoms with E-state index in [2.05, 4.69) is 83.3 Å². The molecule has 0 bridgehead atoms. The van der Waals surface area contributed by atoms with Crippen molar-refractivity contribution in [3.8, 4) is 0 Å². The number of hydrogen-bond acceptors (Lipinski definition) is 12. The molecule has 7 aromatic rings. The molecule has 0 spiro atoms. The van der Waals surface area contributed by atoms with Crippen LogP contribution in [-0.4, -0.2) is 74.0 Å². The van der Waals surface area contributed by atoms with Crippen LogP contribution in [0.2, 0.25) is 0 Å². The van der Waals surface area contributed by atoms with Gasteiger partial charge in [-0.25, -0.2) is 14.4 Å². The van der Waals surface area contributed by atoms with Crippen LogP contribution in [0.3, 0.4) is 0 Å². The lowest BCUT2D eigenvalue weighted by atomic mass is 10.1. The van der Waals surface area contributed by atoms with E-state index in [1.54, 1.807) is 18.3 Å². The van der Waals surface area contributed by atoms with Crippen LogP contribution in [0, 0.1) is 5.82 Å². The predicted molar refractivity (Wildman–Crippen MR) is 249 cm³/mol. The van der Waals surface area contributed by atoms with Crippen molar-refractivity contribution in [1.29, 1.82) is 0 Å². The van der Waals surface area contributed by atoms with Crippen LogP contribution in [0.4, 0.5) is 51.9 Å². The summed E-state index contributed by atoms with van der Waals surface area (Å²) < 4.78 is 68.2. The number of nitrogens with zero attached hydrogens (tertiary/aromatic N) is 3. The lowest BCUT2D eigenvalue weighted by molar-refractivity contribution is -0.137. The van der Waals surface area contributed by atoms with Gasteiger partial charge in [0.25, 0.3) is 0 Å². The van der Waals surface area contributed by atoms with Crippen LogP contribution in [-0.2, 0) is 20.4 Å². The Balaban J connectivity index is 0.000000135. The summed E-state index contributed by atoms with van der Waals surface area (Å²) in [5.41, 5.74) is 6.86. The van der Waals surface area contributed by atoms with E-state index < -0.39 is 11.7 Å². The Kier molecular flexibility index (Phi) is 15.7. The first-order chi connectivity index (χ1) is 32.2. The Hall–Kier alpha value is -6.53. The molecule has 0 radical (unpaired) electrons. The number of fused-ring (bicyclic) bond motifs is 1. The number of para-hydroxylation sites is 1. The summed E-state index contributed by atoms with van der Waals surface area (Å²) in [7, 11) is 0. The topological polar surface area (TPSA) is 139 Å². The summed E-state index contributed by atoms with van der Waals surface area (Å²) in [6.07, 6.45) is -0.211. The molecule has 3 aliphatic heterocycles. The van der Waals surface area contributed by atoms with E-state index in [1.165, 1.54) is 17.8 Å². The van der Waals surface area contributed by atoms with Crippen LogP contribution >= 0.6 is 0 Å². The molecule has 3 atom stereocenters. The fourth-order valence-corrected chi connectivity index (χ4v) is 7.44. The molecule has 16 heteroatoms. The molecule has 12 nitrogen and oxygen atoms in total. The maximum atomic E-state index is 13.1. The molecule has 6 heterocycles. The van der Waals surface area contributed by atoms with E-state index in [4.69, 9.17) is 14.2 Å². The molecule has 3 fully saturated rings. The number of anilines is 6. The van der Waals surface area contributed by atoms with E-state index >= 15 is 0 Å². The van der Waals surface area contributed by atoms with Crippen molar-refractivity contribution >= 4 is 45.3 Å². The molecular weight excluding hydrogens is 851 g/mol. The number of aromatic nitrogens is 3. The molecule has 6 N–H and O–H groups in total. The van der Waals surface area contributed by atoms with Gasteiger partial charge in [-0.1, -0.05) is 54.6 Å². The minimum atomic E-state index is -4.38. The maximum Gasteiger partial charge on any atom is 0.416 e. The largest absolute Gasteiger partial charge is 0.416 e. The third-order valence-corrected chi connectivity index (χ3v) is 10.9. The number of pyridine rings is 3. The lowest BCUT2D eigenvalue weighted by Gasteiger charge is -2.24. The van der Waals surface area contributed by atoms with Crippen LogP contribution < -0.4 is 31.9 Å². The quantitative estimate of drug-likeness (QED) is 0.0770. The van der Waals surface area contributed by atoms with Gasteiger partial charge in [0, 0.05) is 74.0 Å². The van der Waals surface area contributed by atoms with Crippen molar-refractivity contribution in [3.63, 3.8) is 0 Å². The monoisotopic (exact) mass is 901 g/mol. The van der Waals surface area contributed by atoms with Crippen LogP contribution in [0.1, 0.15) is 40.6 Å². The van der Waals surface area contributed by atoms with E-state index in [0.29, 0.717) is 18.0 Å². The van der Waals surface area contributed by atoms with Crippen LogP contribution in [0.5, 0.6) is 0 Å². The first-order valence-electron chi connectivity index (χ1n) is 21.8. The van der Waals surface area contributed by atoms with Gasteiger partial charge in [0.2, 0.25) is 0 Å². The average Bonchev–Trinajstić information content (AvgIpc) is 3.36. The third-order valence-electron chi connectivity index (χ3n) is 10.9. The molecule has 66 heavy (non-hydrogen) atoms. The fraction of sp³-hybridized carbons (Fsp3) is 0.260. The molecule has 3 aromatic heterocycles. The van der Waals surface area contributed by atoms with E-state index in [9.17, 15) is 17.6 Å². The molecule has 3 saturated heterocycles. The highest BCUT2D eigenvalue weighted by molar-refractivity contribution is 5.80. The first kappa shape index (κ1) is 46.0. The van der Waals surface area contributed by atoms with Crippen LogP contribution in [0.25, 0.3) is 10.9 Å². The normalized spacial score (nSPS) is 18.5. The Morgan fingerprint density at radius 2 is 1.05 bits per heavy atom. The number of nitrogens with one attached hydrogen (secondary N) is 6. The van der Waals surface area contributed by atoms with Crippen molar-refractivity contribution in [2.24, 2.45) is 0 Å². The third kappa shape index (κ3) is 13.3. The molecule has 10 rings (SSSR count). The summed E-state index contributed by atoms with van der Waals surface area (Å²) in [5, 5.41) is 20.4. The summed E-state index contributed by atoms with van der Waals surface area (Å²) in [6.45, 7) is 7.32. The van der Waals surface area contributed by atoms with Gasteiger partial charge < -0.3 is 46.1 Å². The van der Waals surface area contributed by atoms with Gasteiger partial charge in [-0.2, -0.15) is 13.2 Å². The maximum absolute atomic E-state index is 13.1. The Morgan fingerprint density at radius 1 is 0.530 bits per heavy atom. The second-order valence-electron chi connectivity index (χ2n) is 15.6. The smallest absolute Gasteiger partial charge is 0.371 e. The van der Waals surface area contributed by atoms with Crippen molar-refractivity contribution in [1.82, 2.24) is 30.9 Å². The highest BCUT2D eigenvalue weighted by atomic mass is 19.4. The molecule has 4 aromatic carbocycles. The Labute approximate surface area is 380 Å².